The summed E-state index contributed by atoms with van der Waals surface area (Å²) in [6.45, 7) is 2.50. The molecule has 0 spiro atoms. The van der Waals surface area contributed by atoms with Gasteiger partial charge in [-0.15, -0.1) is 0 Å². The highest BCUT2D eigenvalue weighted by molar-refractivity contribution is 5.23. The zero-order valence-corrected chi connectivity index (χ0v) is 8.02. The standard InChI is InChI=1S/C10H12F3N/c1-10(2,13)9(14)7-4-3-6(11)5-8(7)12/h3-5,9H,14H2,1-2H3. The first kappa shape index (κ1) is 11.0. The van der Waals surface area contributed by atoms with E-state index in [0.29, 0.717) is 6.07 Å². The molecule has 0 saturated heterocycles. The highest BCUT2D eigenvalue weighted by Crippen LogP contribution is 2.28. The molecule has 0 aliphatic rings. The van der Waals surface area contributed by atoms with Gasteiger partial charge in [-0.25, -0.2) is 13.2 Å². The van der Waals surface area contributed by atoms with Gasteiger partial charge in [0.1, 0.15) is 17.3 Å². The second kappa shape index (κ2) is 3.61. The van der Waals surface area contributed by atoms with Gasteiger partial charge in [0.2, 0.25) is 0 Å². The second-order valence-corrected chi connectivity index (χ2v) is 3.71. The summed E-state index contributed by atoms with van der Waals surface area (Å²) in [5.74, 6) is -1.52. The molecule has 4 heteroatoms. The molecule has 1 aromatic carbocycles. The first-order valence-corrected chi connectivity index (χ1v) is 4.22. The SMILES string of the molecule is CC(C)(F)C(N)c1ccc(F)cc1F. The summed E-state index contributed by atoms with van der Waals surface area (Å²) in [5.41, 5.74) is 3.73. The van der Waals surface area contributed by atoms with Crippen LogP contribution in [0.5, 0.6) is 0 Å². The molecule has 0 saturated carbocycles. The van der Waals surface area contributed by atoms with Crippen LogP contribution in [0.4, 0.5) is 13.2 Å². The maximum atomic E-state index is 13.4. The lowest BCUT2D eigenvalue weighted by Gasteiger charge is -2.23. The monoisotopic (exact) mass is 203 g/mol. The van der Waals surface area contributed by atoms with Crippen LogP contribution in [0.25, 0.3) is 0 Å². The summed E-state index contributed by atoms with van der Waals surface area (Å²) in [7, 11) is 0. The summed E-state index contributed by atoms with van der Waals surface area (Å²) < 4.78 is 39.0. The lowest BCUT2D eigenvalue weighted by molar-refractivity contribution is 0.171. The molecule has 1 aromatic rings. The van der Waals surface area contributed by atoms with Crippen molar-refractivity contribution >= 4 is 0 Å². The second-order valence-electron chi connectivity index (χ2n) is 3.71. The number of halogens is 3. The van der Waals surface area contributed by atoms with Crippen molar-refractivity contribution in [2.45, 2.75) is 25.6 Å². The molecule has 1 rings (SSSR count). The number of hydrogen-bond acceptors (Lipinski definition) is 1. The molecule has 0 aromatic heterocycles. The van der Waals surface area contributed by atoms with Gasteiger partial charge in [-0.05, 0) is 19.9 Å². The zero-order chi connectivity index (χ0) is 10.9. The molecule has 78 valence electrons. The molecule has 14 heavy (non-hydrogen) atoms. The Morgan fingerprint density at radius 1 is 1.29 bits per heavy atom. The minimum absolute atomic E-state index is 0.0149. The summed E-state index contributed by atoms with van der Waals surface area (Å²) in [6, 6.07) is 1.82. The average molecular weight is 203 g/mol. The molecule has 0 fully saturated rings. The third-order valence-corrected chi connectivity index (χ3v) is 2.04. The van der Waals surface area contributed by atoms with Gasteiger partial charge in [0.15, 0.2) is 0 Å². The molecule has 0 bridgehead atoms. The number of alkyl halides is 1. The summed E-state index contributed by atoms with van der Waals surface area (Å²) in [5, 5.41) is 0. The van der Waals surface area contributed by atoms with Gasteiger partial charge in [-0.3, -0.25) is 0 Å². The van der Waals surface area contributed by atoms with Crippen LogP contribution in [0.1, 0.15) is 25.5 Å². The molecule has 0 amide bonds. The molecular weight excluding hydrogens is 191 g/mol. The summed E-state index contributed by atoms with van der Waals surface area (Å²) in [4.78, 5) is 0. The van der Waals surface area contributed by atoms with Crippen LogP contribution < -0.4 is 5.73 Å². The predicted octanol–water partition coefficient (Wildman–Crippen LogP) is 2.71. The molecule has 1 unspecified atom stereocenters. The molecule has 1 atom stereocenters. The van der Waals surface area contributed by atoms with E-state index in [0.717, 1.165) is 12.1 Å². The minimum atomic E-state index is -1.74. The smallest absolute Gasteiger partial charge is 0.131 e. The zero-order valence-electron chi connectivity index (χ0n) is 8.02. The molecule has 1 nitrogen and oxygen atoms in total. The highest BCUT2D eigenvalue weighted by atomic mass is 19.1. The van der Waals surface area contributed by atoms with Crippen molar-refractivity contribution in [3.8, 4) is 0 Å². The Morgan fingerprint density at radius 2 is 1.86 bits per heavy atom. The van der Waals surface area contributed by atoms with Crippen molar-refractivity contribution < 1.29 is 13.2 Å². The van der Waals surface area contributed by atoms with E-state index in [1.165, 1.54) is 13.8 Å². The van der Waals surface area contributed by atoms with Crippen molar-refractivity contribution in [1.82, 2.24) is 0 Å². The van der Waals surface area contributed by atoms with E-state index in [1.54, 1.807) is 0 Å². The van der Waals surface area contributed by atoms with Crippen LogP contribution in [-0.4, -0.2) is 5.67 Å². The largest absolute Gasteiger partial charge is 0.321 e. The Balaban J connectivity index is 3.08. The van der Waals surface area contributed by atoms with Gasteiger partial charge < -0.3 is 5.73 Å². The van der Waals surface area contributed by atoms with Gasteiger partial charge in [-0.2, -0.15) is 0 Å². The fourth-order valence-corrected chi connectivity index (χ4v) is 1.12. The molecule has 0 aliphatic heterocycles. The van der Waals surface area contributed by atoms with E-state index in [-0.39, 0.29) is 5.56 Å². The van der Waals surface area contributed by atoms with E-state index in [1.807, 2.05) is 0 Å². The maximum Gasteiger partial charge on any atom is 0.131 e. The van der Waals surface area contributed by atoms with Gasteiger partial charge in [-0.1, -0.05) is 6.07 Å². The fourth-order valence-electron chi connectivity index (χ4n) is 1.12. The average Bonchev–Trinajstić information content (AvgIpc) is 2.01. The van der Waals surface area contributed by atoms with Crippen molar-refractivity contribution in [3.63, 3.8) is 0 Å². The van der Waals surface area contributed by atoms with Crippen molar-refractivity contribution in [3.05, 3.63) is 35.4 Å². The highest BCUT2D eigenvalue weighted by Gasteiger charge is 2.29. The number of benzene rings is 1. The van der Waals surface area contributed by atoms with Crippen LogP contribution >= 0.6 is 0 Å². The van der Waals surface area contributed by atoms with Crippen molar-refractivity contribution in [1.29, 1.82) is 0 Å². The molecule has 2 N–H and O–H groups in total. The number of nitrogens with two attached hydrogens (primary N) is 1. The van der Waals surface area contributed by atoms with Gasteiger partial charge in [0, 0.05) is 11.6 Å². The third-order valence-electron chi connectivity index (χ3n) is 2.04. The van der Waals surface area contributed by atoms with E-state index < -0.39 is 23.3 Å². The Morgan fingerprint density at radius 3 is 2.29 bits per heavy atom. The normalized spacial score (nSPS) is 14.1. The number of rotatable bonds is 2. The van der Waals surface area contributed by atoms with E-state index in [9.17, 15) is 13.2 Å². The Labute approximate surface area is 80.7 Å². The van der Waals surface area contributed by atoms with Crippen LogP contribution in [-0.2, 0) is 0 Å². The van der Waals surface area contributed by atoms with Crippen LogP contribution in [0, 0.1) is 11.6 Å². The lowest BCUT2D eigenvalue weighted by atomic mass is 9.94. The lowest BCUT2D eigenvalue weighted by Crippen LogP contribution is -2.31. The Hall–Kier alpha value is -1.03. The first-order chi connectivity index (χ1) is 6.32. The van der Waals surface area contributed by atoms with Crippen LogP contribution in [0.2, 0.25) is 0 Å². The predicted molar refractivity (Wildman–Crippen MR) is 48.5 cm³/mol. The summed E-state index contributed by atoms with van der Waals surface area (Å²) >= 11 is 0. The minimum Gasteiger partial charge on any atom is -0.321 e. The van der Waals surface area contributed by atoms with Gasteiger partial charge in [0.05, 0.1) is 6.04 Å². The van der Waals surface area contributed by atoms with E-state index in [4.69, 9.17) is 5.73 Å². The first-order valence-electron chi connectivity index (χ1n) is 4.22. The van der Waals surface area contributed by atoms with Gasteiger partial charge in [0.25, 0.3) is 0 Å². The summed E-state index contributed by atoms with van der Waals surface area (Å²) in [6.07, 6.45) is 0. The van der Waals surface area contributed by atoms with Gasteiger partial charge >= 0.3 is 0 Å². The Bertz CT molecular complexity index is 331. The molecular formula is C10H12F3N. The Kier molecular flexibility index (Phi) is 2.85. The molecule has 0 radical (unpaired) electrons. The quantitative estimate of drug-likeness (QED) is 0.785. The van der Waals surface area contributed by atoms with Crippen LogP contribution in [0.3, 0.4) is 0 Å². The van der Waals surface area contributed by atoms with Crippen molar-refractivity contribution in [2.24, 2.45) is 5.73 Å². The van der Waals surface area contributed by atoms with E-state index in [2.05, 4.69) is 0 Å². The maximum absolute atomic E-state index is 13.4. The fraction of sp³-hybridized carbons (Fsp3) is 0.400. The van der Waals surface area contributed by atoms with Crippen molar-refractivity contribution in [2.75, 3.05) is 0 Å². The topological polar surface area (TPSA) is 26.0 Å². The molecule has 0 heterocycles. The third kappa shape index (κ3) is 2.26. The molecule has 0 aliphatic carbocycles. The number of hydrogen-bond donors (Lipinski definition) is 1. The van der Waals surface area contributed by atoms with E-state index >= 15 is 0 Å². The van der Waals surface area contributed by atoms with Crippen LogP contribution in [0.15, 0.2) is 18.2 Å².